The van der Waals surface area contributed by atoms with E-state index >= 15 is 0 Å². The number of nitrogens with zero attached hydrogens (tertiary/aromatic N) is 2. The normalized spacial score (nSPS) is 18.4. The molecule has 0 aromatic heterocycles. The third kappa shape index (κ3) is 2.51. The van der Waals surface area contributed by atoms with Gasteiger partial charge in [0.2, 0.25) is 0 Å². The lowest BCUT2D eigenvalue weighted by Gasteiger charge is -2.34. The number of hydrogen-bond acceptors (Lipinski definition) is 1. The van der Waals surface area contributed by atoms with Gasteiger partial charge in [0, 0.05) is 6.42 Å². The van der Waals surface area contributed by atoms with Crippen molar-refractivity contribution >= 4 is 5.84 Å². The molecule has 0 amide bonds. The Morgan fingerprint density at radius 1 is 0.909 bits per heavy atom. The zero-order valence-corrected chi connectivity index (χ0v) is 11.6. The predicted molar refractivity (Wildman–Crippen MR) is 58.6 cm³/mol. The summed E-state index contributed by atoms with van der Waals surface area (Å²) in [5.41, 5.74) is 0. The van der Waals surface area contributed by atoms with Crippen LogP contribution in [0.25, 0.3) is 0 Å². The quantitative estimate of drug-likeness (QED) is 0.420. The molecule has 0 spiro atoms. The molecule has 22 heavy (non-hydrogen) atoms. The highest BCUT2D eigenvalue weighted by atomic mass is 19.4. The minimum atomic E-state index is -6.86. The highest BCUT2D eigenvalue weighted by Gasteiger charge is 2.86. The lowest BCUT2D eigenvalue weighted by molar-refractivity contribution is -0.515. The fourth-order valence-electron chi connectivity index (χ4n) is 2.24. The number of amidine groups is 1. The summed E-state index contributed by atoms with van der Waals surface area (Å²) in [7, 11) is 0. The van der Waals surface area contributed by atoms with Gasteiger partial charge in [0.15, 0.2) is 0 Å². The molecule has 0 N–H and O–H groups in total. The fraction of sp³-hybridized carbons (Fsp3) is 0.909. The van der Waals surface area contributed by atoms with Crippen LogP contribution in [0.3, 0.4) is 0 Å². The first-order valence-electron chi connectivity index (χ1n) is 6.34. The highest BCUT2D eigenvalue weighted by molar-refractivity contribution is 5.78. The van der Waals surface area contributed by atoms with Crippen molar-refractivity contribution in [3.63, 3.8) is 0 Å². The molecule has 0 saturated carbocycles. The van der Waals surface area contributed by atoms with Crippen molar-refractivity contribution < 1.29 is 44.1 Å². The Labute approximate surface area is 120 Å². The van der Waals surface area contributed by atoms with Crippen LogP contribution >= 0.6 is 0 Å². The van der Waals surface area contributed by atoms with E-state index in [2.05, 4.69) is 0 Å². The van der Waals surface area contributed by atoms with Crippen LogP contribution in [-0.4, -0.2) is 59.0 Å². The molecule has 1 rings (SSSR count). The van der Waals surface area contributed by atoms with Crippen LogP contribution in [0.2, 0.25) is 0 Å². The lowest BCUT2D eigenvalue weighted by Crippen LogP contribution is -2.67. The van der Waals surface area contributed by atoms with Crippen LogP contribution in [0.4, 0.5) is 39.5 Å². The molecule has 0 aliphatic carbocycles. The van der Waals surface area contributed by atoms with Gasteiger partial charge >= 0.3 is 24.1 Å². The van der Waals surface area contributed by atoms with E-state index in [1.807, 2.05) is 0 Å². The van der Waals surface area contributed by atoms with Crippen LogP contribution < -0.4 is 0 Å². The Hall–Kier alpha value is -1.16. The molecule has 2 nitrogen and oxygen atoms in total. The standard InChI is InChI=1S/C11H14F9N2/c1-3-7-21(4-2)5-6-22(7)11(19,20)9(14,15)8(12,13)10(16,17)18/h3-6H2,1-2H3/q+1. The molecule has 0 fully saturated rings. The van der Waals surface area contributed by atoms with E-state index in [1.165, 1.54) is 18.4 Å². The lowest BCUT2D eigenvalue weighted by atomic mass is 10.1. The van der Waals surface area contributed by atoms with E-state index < -0.39 is 36.4 Å². The van der Waals surface area contributed by atoms with E-state index in [0.717, 1.165) is 0 Å². The topological polar surface area (TPSA) is 6.25 Å². The van der Waals surface area contributed by atoms with Gasteiger partial charge in [-0.1, -0.05) is 6.92 Å². The van der Waals surface area contributed by atoms with Crippen LogP contribution in [0.15, 0.2) is 0 Å². The Bertz CT molecular complexity index is 453. The zero-order chi connectivity index (χ0) is 17.6. The van der Waals surface area contributed by atoms with Crippen LogP contribution in [0.1, 0.15) is 20.3 Å². The van der Waals surface area contributed by atoms with Crippen molar-refractivity contribution in [2.24, 2.45) is 0 Å². The van der Waals surface area contributed by atoms with Gasteiger partial charge in [-0.15, -0.1) is 0 Å². The fourth-order valence-corrected chi connectivity index (χ4v) is 2.24. The Morgan fingerprint density at radius 2 is 1.41 bits per heavy atom. The Kier molecular flexibility index (Phi) is 4.71. The van der Waals surface area contributed by atoms with Crippen molar-refractivity contribution in [3.05, 3.63) is 0 Å². The first-order valence-corrected chi connectivity index (χ1v) is 6.34. The third-order valence-electron chi connectivity index (χ3n) is 3.44. The molecule has 0 atom stereocenters. The van der Waals surface area contributed by atoms with Crippen molar-refractivity contribution in [2.45, 2.75) is 44.3 Å². The van der Waals surface area contributed by atoms with E-state index in [0.29, 0.717) is 0 Å². The van der Waals surface area contributed by atoms with Crippen LogP contribution in [-0.2, 0) is 0 Å². The largest absolute Gasteiger partial charge is 0.465 e. The molecule has 0 aromatic carbocycles. The maximum Gasteiger partial charge on any atom is 0.465 e. The Balaban J connectivity index is 3.32. The van der Waals surface area contributed by atoms with E-state index in [-0.39, 0.29) is 24.4 Å². The highest BCUT2D eigenvalue weighted by Crippen LogP contribution is 2.54. The number of rotatable bonds is 5. The van der Waals surface area contributed by atoms with E-state index in [9.17, 15) is 39.5 Å². The molecule has 11 heteroatoms. The van der Waals surface area contributed by atoms with Gasteiger partial charge in [-0.05, 0) is 6.92 Å². The zero-order valence-electron chi connectivity index (χ0n) is 11.6. The number of hydrogen-bond donors (Lipinski definition) is 0. The average molecular weight is 345 g/mol. The van der Waals surface area contributed by atoms with E-state index in [1.54, 1.807) is 0 Å². The predicted octanol–water partition coefficient (Wildman–Crippen LogP) is 3.57. The molecule has 1 heterocycles. The number of likely N-dealkylation sites (N-methyl/N-ethyl adjacent to an activating group) is 1. The molecule has 0 aromatic rings. The summed E-state index contributed by atoms with van der Waals surface area (Å²) in [4.78, 5) is -0.365. The molecule has 0 bridgehead atoms. The average Bonchev–Trinajstić information content (AvgIpc) is 2.80. The Morgan fingerprint density at radius 3 is 1.77 bits per heavy atom. The third-order valence-corrected chi connectivity index (χ3v) is 3.44. The van der Waals surface area contributed by atoms with Crippen molar-refractivity contribution in [1.29, 1.82) is 0 Å². The molecule has 0 unspecified atom stereocenters. The second kappa shape index (κ2) is 5.48. The SMILES string of the molecule is CCC1=[N+](CC)CCN1C(F)(F)C(F)(F)C(F)(F)C(F)(F)F. The molecule has 0 saturated heterocycles. The number of halogens is 9. The monoisotopic (exact) mass is 345 g/mol. The van der Waals surface area contributed by atoms with Gasteiger partial charge in [0.25, 0.3) is 5.84 Å². The van der Waals surface area contributed by atoms with Gasteiger partial charge in [-0.3, -0.25) is 4.58 Å². The van der Waals surface area contributed by atoms with E-state index in [4.69, 9.17) is 0 Å². The number of alkyl halides is 9. The van der Waals surface area contributed by atoms with Gasteiger partial charge in [-0.25, -0.2) is 0 Å². The van der Waals surface area contributed by atoms with Gasteiger partial charge in [0.05, 0.1) is 6.54 Å². The molecule has 1 aliphatic rings. The maximum absolute atomic E-state index is 13.8. The molecule has 1 aliphatic heterocycles. The summed E-state index contributed by atoms with van der Waals surface area (Å²) >= 11 is 0. The van der Waals surface area contributed by atoms with Crippen LogP contribution in [0, 0.1) is 0 Å². The minimum Gasteiger partial charge on any atom is -0.262 e. The smallest absolute Gasteiger partial charge is 0.262 e. The van der Waals surface area contributed by atoms with Gasteiger partial charge < -0.3 is 0 Å². The summed E-state index contributed by atoms with van der Waals surface area (Å²) in [5, 5.41) is 0. The summed E-state index contributed by atoms with van der Waals surface area (Å²) < 4.78 is 118. The van der Waals surface area contributed by atoms with Crippen molar-refractivity contribution in [1.82, 2.24) is 4.90 Å². The van der Waals surface area contributed by atoms with Crippen molar-refractivity contribution in [3.8, 4) is 0 Å². The van der Waals surface area contributed by atoms with Crippen molar-refractivity contribution in [2.75, 3.05) is 19.6 Å². The first kappa shape index (κ1) is 18.9. The van der Waals surface area contributed by atoms with Gasteiger partial charge in [0.1, 0.15) is 13.1 Å². The second-order valence-electron chi connectivity index (χ2n) is 4.69. The minimum absolute atomic E-state index is 0.136. The molecular weight excluding hydrogens is 331 g/mol. The van der Waals surface area contributed by atoms with Crippen LogP contribution in [0.5, 0.6) is 0 Å². The summed E-state index contributed by atoms with van der Waals surface area (Å²) in [6.45, 7) is 2.03. The summed E-state index contributed by atoms with van der Waals surface area (Å²) in [6, 6.07) is -5.68. The first-order chi connectivity index (χ1) is 9.75. The maximum atomic E-state index is 13.8. The second-order valence-corrected chi connectivity index (χ2v) is 4.69. The molecule has 0 radical (unpaired) electrons. The summed E-state index contributed by atoms with van der Waals surface area (Å²) in [5.74, 6) is -13.9. The van der Waals surface area contributed by atoms with Gasteiger partial charge in [-0.2, -0.15) is 44.4 Å². The molecule has 130 valence electrons. The summed E-state index contributed by atoms with van der Waals surface area (Å²) in [6.07, 6.45) is -7.01. The molecular formula is C11H14F9N2+.